The third-order valence-corrected chi connectivity index (χ3v) is 6.03. The lowest BCUT2D eigenvalue weighted by Gasteiger charge is -2.15. The lowest BCUT2D eigenvalue weighted by Crippen LogP contribution is -2.02. The Morgan fingerprint density at radius 1 is 0.794 bits per heavy atom. The molecule has 0 bridgehead atoms. The van der Waals surface area contributed by atoms with E-state index in [1.165, 1.54) is 0 Å². The summed E-state index contributed by atoms with van der Waals surface area (Å²) in [7, 11) is 0. The number of halogens is 1. The van der Waals surface area contributed by atoms with Crippen LogP contribution in [0.2, 0.25) is 5.02 Å². The van der Waals surface area contributed by atoms with Gasteiger partial charge in [-0.25, -0.2) is 0 Å². The summed E-state index contributed by atoms with van der Waals surface area (Å²) in [6.07, 6.45) is 1.56. The van der Waals surface area contributed by atoms with Crippen LogP contribution in [0, 0.1) is 0 Å². The van der Waals surface area contributed by atoms with E-state index in [0.29, 0.717) is 46.4 Å². The van der Waals surface area contributed by atoms with Crippen LogP contribution >= 0.6 is 11.6 Å². The fourth-order valence-electron chi connectivity index (χ4n) is 4.13. The molecule has 0 fully saturated rings. The van der Waals surface area contributed by atoms with Gasteiger partial charge in [0, 0.05) is 11.1 Å². The second kappa shape index (κ2) is 9.16. The number of carbonyl (C=O) groups excluding carboxylic acids is 2. The van der Waals surface area contributed by atoms with Crippen LogP contribution in [-0.2, 0) is 6.61 Å². The average molecular weight is 469 g/mol. The number of hydrogen-bond acceptors (Lipinski definition) is 4. The van der Waals surface area contributed by atoms with Crippen LogP contribution in [0.1, 0.15) is 38.8 Å². The van der Waals surface area contributed by atoms with Crippen LogP contribution in [-0.4, -0.2) is 18.2 Å². The van der Waals surface area contributed by atoms with Gasteiger partial charge in [-0.3, -0.25) is 9.59 Å². The van der Waals surface area contributed by atoms with Gasteiger partial charge in [-0.2, -0.15) is 0 Å². The summed E-state index contributed by atoms with van der Waals surface area (Å²) in [5.41, 5.74) is 2.55. The van der Waals surface area contributed by atoms with E-state index >= 15 is 0 Å². The van der Waals surface area contributed by atoms with Crippen molar-refractivity contribution >= 4 is 40.0 Å². The second-order valence-corrected chi connectivity index (χ2v) is 8.40. The molecule has 0 saturated heterocycles. The highest BCUT2D eigenvalue weighted by atomic mass is 35.5. The highest BCUT2D eigenvalue weighted by Crippen LogP contribution is 2.39. The van der Waals surface area contributed by atoms with E-state index < -0.39 is 0 Å². The molecular formula is C29H21ClO4. The summed E-state index contributed by atoms with van der Waals surface area (Å²) in [6.45, 7) is 2.59. The predicted molar refractivity (Wildman–Crippen MR) is 134 cm³/mol. The minimum absolute atomic E-state index is 0.115. The van der Waals surface area contributed by atoms with Crippen molar-refractivity contribution in [2.75, 3.05) is 6.61 Å². The lowest BCUT2D eigenvalue weighted by atomic mass is 10.1. The molecule has 5 heteroatoms. The number of rotatable bonds is 6. The van der Waals surface area contributed by atoms with Crippen molar-refractivity contribution in [3.63, 3.8) is 0 Å². The Bertz CT molecular complexity index is 1430. The molecule has 0 spiro atoms. The highest BCUT2D eigenvalue weighted by Gasteiger charge is 2.32. The molecule has 1 aliphatic rings. The Labute approximate surface area is 202 Å². The van der Waals surface area contributed by atoms with E-state index in [2.05, 4.69) is 24.3 Å². The van der Waals surface area contributed by atoms with Gasteiger partial charge in [0.2, 0.25) is 0 Å². The van der Waals surface area contributed by atoms with E-state index in [9.17, 15) is 9.59 Å². The molecule has 0 amide bonds. The number of hydrogen-bond donors (Lipinski definition) is 0. The number of fused-ring (bicyclic) bond motifs is 2. The largest absolute Gasteiger partial charge is 0.490 e. The first-order chi connectivity index (χ1) is 16.5. The molecule has 0 aromatic heterocycles. The SMILES string of the molecule is CCOc1cc(C=C2C(=O)c3ccccc3C2=O)cc(Cl)c1OCc1ccc2ccccc2c1. The Hall–Kier alpha value is -3.89. The summed E-state index contributed by atoms with van der Waals surface area (Å²) >= 11 is 6.57. The molecule has 0 atom stereocenters. The van der Waals surface area contributed by atoms with Crippen LogP contribution in [0.5, 0.6) is 11.5 Å². The van der Waals surface area contributed by atoms with Crippen LogP contribution in [0.25, 0.3) is 16.8 Å². The zero-order valence-electron chi connectivity index (χ0n) is 18.5. The van der Waals surface area contributed by atoms with Crippen molar-refractivity contribution in [2.24, 2.45) is 0 Å². The van der Waals surface area contributed by atoms with Gasteiger partial charge in [-0.05, 0) is 53.1 Å². The summed E-state index contributed by atoms with van der Waals surface area (Å²) in [5, 5.41) is 2.64. The molecule has 4 aromatic rings. The van der Waals surface area contributed by atoms with Gasteiger partial charge >= 0.3 is 0 Å². The molecule has 1 aliphatic carbocycles. The van der Waals surface area contributed by atoms with Crippen LogP contribution < -0.4 is 9.47 Å². The Balaban J connectivity index is 1.44. The molecule has 168 valence electrons. The number of allylic oxidation sites excluding steroid dienone is 1. The van der Waals surface area contributed by atoms with E-state index in [1.807, 2.05) is 25.1 Å². The normalized spacial score (nSPS) is 12.7. The first kappa shape index (κ1) is 21.9. The number of carbonyl (C=O) groups is 2. The molecule has 4 aromatic carbocycles. The van der Waals surface area contributed by atoms with Gasteiger partial charge in [0.15, 0.2) is 23.1 Å². The Morgan fingerprint density at radius 3 is 2.18 bits per heavy atom. The number of ether oxygens (including phenoxy) is 2. The van der Waals surface area contributed by atoms with Crippen molar-refractivity contribution < 1.29 is 19.1 Å². The highest BCUT2D eigenvalue weighted by molar-refractivity contribution is 6.41. The molecule has 0 heterocycles. The van der Waals surface area contributed by atoms with Crippen molar-refractivity contribution in [2.45, 2.75) is 13.5 Å². The number of ketones is 2. The first-order valence-corrected chi connectivity index (χ1v) is 11.4. The molecule has 34 heavy (non-hydrogen) atoms. The third-order valence-electron chi connectivity index (χ3n) is 5.75. The molecule has 0 unspecified atom stereocenters. The minimum Gasteiger partial charge on any atom is -0.490 e. The first-order valence-electron chi connectivity index (χ1n) is 11.0. The number of benzene rings is 4. The Morgan fingerprint density at radius 2 is 1.47 bits per heavy atom. The molecule has 5 rings (SSSR count). The molecule has 0 saturated carbocycles. The van der Waals surface area contributed by atoms with Crippen molar-refractivity contribution in [3.8, 4) is 11.5 Å². The standard InChI is InChI=1S/C29H21ClO4/c1-2-33-26-16-19(14-24-27(31)22-9-5-6-10-23(22)28(24)32)15-25(30)29(26)34-17-18-11-12-20-7-3-4-8-21(20)13-18/h3-16H,2,17H2,1H3. The van der Waals surface area contributed by atoms with Crippen LogP contribution in [0.4, 0.5) is 0 Å². The zero-order chi connectivity index (χ0) is 23.7. The maximum atomic E-state index is 12.7. The summed E-state index contributed by atoms with van der Waals surface area (Å²) in [4.78, 5) is 25.5. The fourth-order valence-corrected chi connectivity index (χ4v) is 4.40. The fraction of sp³-hybridized carbons (Fsp3) is 0.103. The van der Waals surface area contributed by atoms with Crippen molar-refractivity contribution in [3.05, 3.63) is 112 Å². The van der Waals surface area contributed by atoms with Crippen molar-refractivity contribution in [1.29, 1.82) is 0 Å². The number of Topliss-reactive ketones (excluding diaryl/α,β-unsaturated/α-hetero) is 2. The van der Waals surface area contributed by atoms with Gasteiger partial charge in [0.25, 0.3) is 0 Å². The van der Waals surface area contributed by atoms with Gasteiger partial charge in [0.1, 0.15) is 6.61 Å². The van der Waals surface area contributed by atoms with Gasteiger partial charge in [0.05, 0.1) is 17.2 Å². The van der Waals surface area contributed by atoms with Crippen molar-refractivity contribution in [1.82, 2.24) is 0 Å². The lowest BCUT2D eigenvalue weighted by molar-refractivity contribution is 0.0990. The van der Waals surface area contributed by atoms with Gasteiger partial charge in [-0.1, -0.05) is 72.3 Å². The summed E-state index contributed by atoms with van der Waals surface area (Å²) < 4.78 is 11.9. The smallest absolute Gasteiger partial charge is 0.197 e. The Kier molecular flexibility index (Phi) is 5.91. The van der Waals surface area contributed by atoms with E-state index in [1.54, 1.807) is 42.5 Å². The molecule has 4 nitrogen and oxygen atoms in total. The maximum Gasteiger partial charge on any atom is 0.197 e. The van der Waals surface area contributed by atoms with Crippen LogP contribution in [0.15, 0.2) is 84.4 Å². The minimum atomic E-state index is -0.286. The quantitative estimate of drug-likeness (QED) is 0.227. The van der Waals surface area contributed by atoms with E-state index in [-0.39, 0.29) is 17.1 Å². The topological polar surface area (TPSA) is 52.6 Å². The molecule has 0 radical (unpaired) electrons. The van der Waals surface area contributed by atoms with Gasteiger partial charge < -0.3 is 9.47 Å². The molecule has 0 aliphatic heterocycles. The van der Waals surface area contributed by atoms with Gasteiger partial charge in [-0.15, -0.1) is 0 Å². The van der Waals surface area contributed by atoms with E-state index in [0.717, 1.165) is 16.3 Å². The maximum absolute atomic E-state index is 12.7. The molecule has 0 N–H and O–H groups in total. The third kappa shape index (κ3) is 4.09. The second-order valence-electron chi connectivity index (χ2n) is 8.00. The predicted octanol–water partition coefficient (Wildman–Crippen LogP) is 6.93. The average Bonchev–Trinajstić information content (AvgIpc) is 3.08. The van der Waals surface area contributed by atoms with Crippen LogP contribution in [0.3, 0.4) is 0 Å². The van der Waals surface area contributed by atoms with E-state index in [4.69, 9.17) is 21.1 Å². The zero-order valence-corrected chi connectivity index (χ0v) is 19.3. The summed E-state index contributed by atoms with van der Waals surface area (Å²) in [5.74, 6) is 0.307. The molecular weight excluding hydrogens is 448 g/mol. The monoisotopic (exact) mass is 468 g/mol. The summed E-state index contributed by atoms with van der Waals surface area (Å²) in [6, 6.07) is 24.5.